The van der Waals surface area contributed by atoms with Gasteiger partial charge in [-0.3, -0.25) is 4.79 Å². The Hall–Kier alpha value is -3.26. The van der Waals surface area contributed by atoms with Crippen LogP contribution in [-0.4, -0.2) is 45.0 Å². The van der Waals surface area contributed by atoms with Crippen LogP contribution < -0.4 is 10.5 Å². The van der Waals surface area contributed by atoms with Gasteiger partial charge in [-0.25, -0.2) is 19.3 Å². The van der Waals surface area contributed by atoms with Crippen molar-refractivity contribution in [3.8, 4) is 5.88 Å². The zero-order valence-electron chi connectivity index (χ0n) is 17.7. The largest absolute Gasteiger partial charge is 0.474 e. The minimum absolute atomic E-state index is 0.0587. The monoisotopic (exact) mass is 455 g/mol. The maximum Gasteiger partial charge on any atom is 0.257 e. The Balaban J connectivity index is 1.61. The molecule has 3 aromatic rings. The Morgan fingerprint density at radius 3 is 2.59 bits per heavy atom. The molecular weight excluding hydrogens is 433 g/mol. The summed E-state index contributed by atoms with van der Waals surface area (Å²) in [5.41, 5.74) is 7.41. The van der Waals surface area contributed by atoms with E-state index in [4.69, 9.17) is 22.1 Å². The first-order chi connectivity index (χ1) is 15.3. The topological polar surface area (TPSA) is 94.2 Å². The van der Waals surface area contributed by atoms with Gasteiger partial charge in [-0.05, 0) is 37.6 Å². The van der Waals surface area contributed by atoms with Crippen LogP contribution in [0.3, 0.4) is 0 Å². The van der Waals surface area contributed by atoms with Crippen molar-refractivity contribution >= 4 is 23.2 Å². The molecule has 1 amide bonds. The molecule has 3 atom stereocenters. The van der Waals surface area contributed by atoms with E-state index >= 15 is 0 Å². The van der Waals surface area contributed by atoms with Crippen molar-refractivity contribution in [2.24, 2.45) is 5.92 Å². The molecular formula is C23H23ClFN5O2. The van der Waals surface area contributed by atoms with Crippen LogP contribution in [-0.2, 0) is 0 Å². The fourth-order valence-electron chi connectivity index (χ4n) is 3.99. The number of benzene rings is 1. The predicted molar refractivity (Wildman–Crippen MR) is 119 cm³/mol. The molecule has 0 spiro atoms. The van der Waals surface area contributed by atoms with Gasteiger partial charge in [-0.1, -0.05) is 17.7 Å². The van der Waals surface area contributed by atoms with Crippen LogP contribution in [0.15, 0.2) is 48.9 Å². The number of hydrogen-bond acceptors (Lipinski definition) is 6. The number of anilines is 1. The third-order valence-corrected chi connectivity index (χ3v) is 6.03. The number of halogens is 2. The van der Waals surface area contributed by atoms with E-state index in [2.05, 4.69) is 15.0 Å². The summed E-state index contributed by atoms with van der Waals surface area (Å²) >= 11 is 5.88. The van der Waals surface area contributed by atoms with E-state index in [1.54, 1.807) is 30.0 Å². The average Bonchev–Trinajstić information content (AvgIpc) is 3.23. The third-order valence-electron chi connectivity index (χ3n) is 5.72. The number of likely N-dealkylation sites (tertiary alicyclic amines) is 1. The van der Waals surface area contributed by atoms with Crippen LogP contribution in [0.4, 0.5) is 10.1 Å². The molecule has 3 heterocycles. The molecule has 7 nitrogen and oxygen atoms in total. The van der Waals surface area contributed by atoms with Gasteiger partial charge in [0.05, 0.1) is 22.5 Å². The summed E-state index contributed by atoms with van der Waals surface area (Å²) < 4.78 is 20.3. The number of amides is 1. The molecule has 1 fully saturated rings. The minimum atomic E-state index is -0.492. The van der Waals surface area contributed by atoms with Gasteiger partial charge in [0, 0.05) is 43.4 Å². The second kappa shape index (κ2) is 9.08. The van der Waals surface area contributed by atoms with E-state index in [1.165, 1.54) is 30.7 Å². The van der Waals surface area contributed by atoms with E-state index in [-0.39, 0.29) is 28.9 Å². The smallest absolute Gasteiger partial charge is 0.257 e. The number of nitrogens with two attached hydrogens (primary N) is 1. The number of aryl methyl sites for hydroxylation is 1. The number of pyridine rings is 1. The lowest BCUT2D eigenvalue weighted by Crippen LogP contribution is -2.32. The summed E-state index contributed by atoms with van der Waals surface area (Å²) in [4.78, 5) is 27.3. The Morgan fingerprint density at radius 2 is 1.94 bits per heavy atom. The SMILES string of the molecule is Cc1ncc(C(=O)N2C[C@H]([C@H](C)Oc3ccc(N)cn3)[C@@H](c3ccc(Cl)c(F)c3)C2)cn1. The highest BCUT2D eigenvalue weighted by Crippen LogP contribution is 2.37. The lowest BCUT2D eigenvalue weighted by molar-refractivity contribution is 0.0769. The summed E-state index contributed by atoms with van der Waals surface area (Å²) in [6.45, 7) is 4.51. The van der Waals surface area contributed by atoms with Crippen LogP contribution in [0.1, 0.15) is 34.6 Å². The maximum atomic E-state index is 14.2. The van der Waals surface area contributed by atoms with Crippen LogP contribution in [0.2, 0.25) is 5.02 Å². The van der Waals surface area contributed by atoms with Gasteiger partial charge >= 0.3 is 0 Å². The molecule has 0 aliphatic carbocycles. The number of rotatable bonds is 5. The molecule has 32 heavy (non-hydrogen) atoms. The Bertz CT molecular complexity index is 1110. The van der Waals surface area contributed by atoms with E-state index in [9.17, 15) is 9.18 Å². The van der Waals surface area contributed by atoms with Gasteiger partial charge in [0.15, 0.2) is 0 Å². The molecule has 2 N–H and O–H groups in total. The highest BCUT2D eigenvalue weighted by molar-refractivity contribution is 6.30. The predicted octanol–water partition coefficient (Wildman–Crippen LogP) is 3.88. The van der Waals surface area contributed by atoms with Crippen LogP contribution in [0.5, 0.6) is 5.88 Å². The van der Waals surface area contributed by atoms with Crippen LogP contribution in [0.25, 0.3) is 0 Å². The molecule has 1 aliphatic heterocycles. The average molecular weight is 456 g/mol. The number of nitrogen functional groups attached to an aromatic ring is 1. The van der Waals surface area contributed by atoms with E-state index in [1.807, 2.05) is 6.92 Å². The van der Waals surface area contributed by atoms with Crippen LogP contribution in [0, 0.1) is 18.7 Å². The fraction of sp³-hybridized carbons (Fsp3) is 0.304. The molecule has 1 saturated heterocycles. The first kappa shape index (κ1) is 22.0. The number of hydrogen-bond donors (Lipinski definition) is 1. The quantitative estimate of drug-likeness (QED) is 0.627. The lowest BCUT2D eigenvalue weighted by Gasteiger charge is -2.25. The van der Waals surface area contributed by atoms with Crippen molar-refractivity contribution < 1.29 is 13.9 Å². The van der Waals surface area contributed by atoms with Gasteiger partial charge in [0.25, 0.3) is 5.91 Å². The van der Waals surface area contributed by atoms with Crippen molar-refractivity contribution in [3.63, 3.8) is 0 Å². The van der Waals surface area contributed by atoms with Crippen molar-refractivity contribution in [1.29, 1.82) is 0 Å². The number of aromatic nitrogens is 3. The number of ether oxygens (including phenoxy) is 1. The molecule has 166 valence electrons. The van der Waals surface area contributed by atoms with Crippen molar-refractivity contribution in [3.05, 3.63) is 76.7 Å². The first-order valence-corrected chi connectivity index (χ1v) is 10.6. The Morgan fingerprint density at radius 1 is 1.19 bits per heavy atom. The molecule has 1 aromatic carbocycles. The molecule has 2 aromatic heterocycles. The molecule has 1 aliphatic rings. The molecule has 0 saturated carbocycles. The summed E-state index contributed by atoms with van der Waals surface area (Å²) in [5, 5.41) is 0.0587. The van der Waals surface area contributed by atoms with E-state index in [0.717, 1.165) is 5.56 Å². The van der Waals surface area contributed by atoms with Crippen molar-refractivity contribution in [2.75, 3.05) is 18.8 Å². The Kier molecular flexibility index (Phi) is 6.23. The van der Waals surface area contributed by atoms with Gasteiger partial charge in [-0.15, -0.1) is 0 Å². The fourth-order valence-corrected chi connectivity index (χ4v) is 4.11. The highest BCUT2D eigenvalue weighted by Gasteiger charge is 2.40. The zero-order chi connectivity index (χ0) is 22.8. The standard InChI is InChI=1S/C23H23ClFN5O2/c1-13(32-22-6-4-17(26)10-29-22)18-11-30(23(31)16-8-27-14(2)28-9-16)12-19(18)15-3-5-20(24)21(25)7-15/h3-10,13,18-19H,11-12,26H2,1-2H3/t13-,18+,19+/m0/s1. The number of carbonyl (C=O) groups excluding carboxylic acids is 1. The minimum Gasteiger partial charge on any atom is -0.474 e. The number of carbonyl (C=O) groups is 1. The third kappa shape index (κ3) is 4.65. The molecule has 0 unspecified atom stereocenters. The van der Waals surface area contributed by atoms with E-state index in [0.29, 0.717) is 36.0 Å². The molecule has 9 heteroatoms. The molecule has 0 radical (unpaired) electrons. The highest BCUT2D eigenvalue weighted by atomic mass is 35.5. The van der Waals surface area contributed by atoms with Gasteiger partial charge < -0.3 is 15.4 Å². The van der Waals surface area contributed by atoms with Crippen molar-refractivity contribution in [2.45, 2.75) is 25.9 Å². The second-order valence-electron chi connectivity index (χ2n) is 7.93. The summed E-state index contributed by atoms with van der Waals surface area (Å²) in [7, 11) is 0. The first-order valence-electron chi connectivity index (χ1n) is 10.2. The van der Waals surface area contributed by atoms with Gasteiger partial charge in [0.2, 0.25) is 5.88 Å². The van der Waals surface area contributed by atoms with Crippen molar-refractivity contribution in [1.82, 2.24) is 19.9 Å². The lowest BCUT2D eigenvalue weighted by atomic mass is 9.85. The summed E-state index contributed by atoms with van der Waals surface area (Å²) in [5.74, 6) is 0.0992. The van der Waals surface area contributed by atoms with Crippen LogP contribution >= 0.6 is 11.6 Å². The normalized spacial score (nSPS) is 19.1. The number of nitrogens with zero attached hydrogens (tertiary/aromatic N) is 4. The molecule has 0 bridgehead atoms. The summed E-state index contributed by atoms with van der Waals surface area (Å²) in [6.07, 6.45) is 4.26. The van der Waals surface area contributed by atoms with Gasteiger partial charge in [-0.2, -0.15) is 0 Å². The molecule has 4 rings (SSSR count). The zero-order valence-corrected chi connectivity index (χ0v) is 18.5. The second-order valence-corrected chi connectivity index (χ2v) is 8.33. The summed E-state index contributed by atoms with van der Waals surface area (Å²) in [6, 6.07) is 8.17. The Labute approximate surface area is 190 Å². The maximum absolute atomic E-state index is 14.2. The van der Waals surface area contributed by atoms with Gasteiger partial charge in [0.1, 0.15) is 17.7 Å². The van der Waals surface area contributed by atoms with E-state index < -0.39 is 5.82 Å².